The molecule has 0 bridgehead atoms. The van der Waals surface area contributed by atoms with Gasteiger partial charge in [0, 0.05) is 45.1 Å². The highest BCUT2D eigenvalue weighted by molar-refractivity contribution is 7.10. The number of hydrogen-bond donors (Lipinski definition) is 3. The molecule has 3 N–H and O–H groups in total. The number of alkyl halides is 2. The number of ether oxygens (including phenoxy) is 2. The normalized spacial score (nSPS) is 19.7. The van der Waals surface area contributed by atoms with E-state index in [1.807, 2.05) is 24.4 Å². The molecule has 2 aliphatic heterocycles. The fourth-order valence-electron chi connectivity index (χ4n) is 6.24. The molecule has 4 heterocycles. The van der Waals surface area contributed by atoms with Gasteiger partial charge in [0.25, 0.3) is 11.8 Å². The van der Waals surface area contributed by atoms with E-state index < -0.39 is 36.1 Å². The Morgan fingerprint density at radius 2 is 1.87 bits per heavy atom. The van der Waals surface area contributed by atoms with E-state index in [4.69, 9.17) is 9.47 Å². The Labute approximate surface area is 260 Å². The van der Waals surface area contributed by atoms with Crippen molar-refractivity contribution in [3.63, 3.8) is 0 Å². The Morgan fingerprint density at radius 1 is 1.09 bits per heavy atom. The smallest absolute Gasteiger partial charge is 0.299 e. The number of rotatable bonds is 7. The van der Waals surface area contributed by atoms with E-state index in [9.17, 15) is 23.2 Å². The number of likely N-dealkylation sites (tertiary alicyclic amines) is 1. The van der Waals surface area contributed by atoms with E-state index in [1.54, 1.807) is 24.4 Å². The number of aromatic nitrogens is 2. The van der Waals surface area contributed by atoms with E-state index in [2.05, 4.69) is 20.8 Å². The molecule has 2 atom stereocenters. The van der Waals surface area contributed by atoms with Gasteiger partial charge in [-0.05, 0) is 42.3 Å². The first-order valence-electron chi connectivity index (χ1n) is 14.5. The standard InChI is InChI=1S/C32H29F2N5O5S/c1-18(27-13-20(16-45-27)25-8-9-36-38-25)37-30(42)26-14-31(43-10-11-44-31)17-39(26)28(40)15-35-29(41)19-6-7-24-22(12-19)21-4-2-3-5-23(21)32(24,33)34/h2-9,12-13,16,18,26H,10-11,14-15,17H2,1H3,(H,35,41)(H,36,38)(H,37,42)/t18?,26-/m0/s1. The number of amides is 3. The van der Waals surface area contributed by atoms with Gasteiger partial charge < -0.3 is 25.0 Å². The van der Waals surface area contributed by atoms with Crippen LogP contribution in [-0.4, -0.2) is 71.0 Å². The zero-order chi connectivity index (χ0) is 31.3. The molecule has 0 saturated carbocycles. The van der Waals surface area contributed by atoms with Crippen LogP contribution in [0.15, 0.2) is 66.2 Å². The van der Waals surface area contributed by atoms with Gasteiger partial charge in [0.2, 0.25) is 11.8 Å². The van der Waals surface area contributed by atoms with Crippen LogP contribution in [0.4, 0.5) is 8.78 Å². The van der Waals surface area contributed by atoms with Crippen molar-refractivity contribution in [2.75, 3.05) is 26.3 Å². The Hall–Kier alpha value is -4.46. The van der Waals surface area contributed by atoms with Crippen molar-refractivity contribution in [2.45, 2.75) is 37.1 Å². The molecule has 45 heavy (non-hydrogen) atoms. The quantitative estimate of drug-likeness (QED) is 0.280. The first-order valence-corrected chi connectivity index (χ1v) is 15.4. The summed E-state index contributed by atoms with van der Waals surface area (Å²) < 4.78 is 41.5. The molecule has 2 fully saturated rings. The largest absolute Gasteiger partial charge is 0.347 e. The Balaban J connectivity index is 1.04. The third-order valence-electron chi connectivity index (χ3n) is 8.51. The fraction of sp³-hybridized carbons (Fsp3) is 0.312. The maximum Gasteiger partial charge on any atom is 0.299 e. The van der Waals surface area contributed by atoms with Gasteiger partial charge in [-0.25, -0.2) is 0 Å². The summed E-state index contributed by atoms with van der Waals surface area (Å²) in [6.45, 7) is 2.17. The molecule has 1 unspecified atom stereocenters. The van der Waals surface area contributed by atoms with Crippen molar-refractivity contribution in [1.29, 1.82) is 0 Å². The minimum absolute atomic E-state index is 0.0290. The molecule has 13 heteroatoms. The average Bonchev–Trinajstić information content (AvgIpc) is 3.88. The summed E-state index contributed by atoms with van der Waals surface area (Å²) in [6.07, 6.45) is 1.88. The first kappa shape index (κ1) is 29.3. The summed E-state index contributed by atoms with van der Waals surface area (Å²) in [5, 5.41) is 14.5. The van der Waals surface area contributed by atoms with Crippen molar-refractivity contribution in [1.82, 2.24) is 25.7 Å². The van der Waals surface area contributed by atoms with Gasteiger partial charge >= 0.3 is 0 Å². The number of hydrogen-bond acceptors (Lipinski definition) is 7. The summed E-state index contributed by atoms with van der Waals surface area (Å²) in [5.41, 5.74) is 2.23. The zero-order valence-corrected chi connectivity index (χ0v) is 25.0. The molecule has 4 aromatic rings. The highest BCUT2D eigenvalue weighted by Crippen LogP contribution is 2.51. The summed E-state index contributed by atoms with van der Waals surface area (Å²) >= 11 is 1.49. The predicted octanol–water partition coefficient (Wildman–Crippen LogP) is 4.21. The van der Waals surface area contributed by atoms with Crippen LogP contribution in [0.3, 0.4) is 0 Å². The number of benzene rings is 2. The molecule has 10 nitrogen and oxygen atoms in total. The summed E-state index contributed by atoms with van der Waals surface area (Å²) in [7, 11) is 0. The number of carbonyl (C=O) groups excluding carboxylic acids is 3. The van der Waals surface area contributed by atoms with Crippen molar-refractivity contribution >= 4 is 29.1 Å². The topological polar surface area (TPSA) is 126 Å². The SMILES string of the molecule is CC(NC(=O)[C@@H]1CC2(CN1C(=O)CNC(=O)c1ccc3c(c1)-c1ccccc1C3(F)F)OCCO2)c1cc(-c2cc[nH]n2)cs1. The molecule has 2 aromatic carbocycles. The van der Waals surface area contributed by atoms with Gasteiger partial charge in [-0.2, -0.15) is 13.9 Å². The van der Waals surface area contributed by atoms with Crippen molar-refractivity contribution in [2.24, 2.45) is 0 Å². The van der Waals surface area contributed by atoms with Crippen LogP contribution in [-0.2, 0) is 25.0 Å². The van der Waals surface area contributed by atoms with Crippen LogP contribution in [0.25, 0.3) is 22.4 Å². The lowest BCUT2D eigenvalue weighted by Crippen LogP contribution is -2.49. The lowest BCUT2D eigenvalue weighted by atomic mass is 10.0. The number of nitrogens with zero attached hydrogens (tertiary/aromatic N) is 2. The maximum atomic E-state index is 14.9. The van der Waals surface area contributed by atoms with Crippen LogP contribution >= 0.6 is 11.3 Å². The number of halogens is 2. The number of thiophene rings is 1. The second kappa shape index (κ2) is 11.2. The molecule has 7 rings (SSSR count). The number of H-pyrrole nitrogens is 1. The molecule has 3 amide bonds. The number of nitrogens with one attached hydrogen (secondary N) is 3. The van der Waals surface area contributed by atoms with Gasteiger partial charge in [0.05, 0.1) is 38.0 Å². The second-order valence-electron chi connectivity index (χ2n) is 11.3. The van der Waals surface area contributed by atoms with E-state index >= 15 is 0 Å². The molecule has 1 spiro atoms. The van der Waals surface area contributed by atoms with Crippen LogP contribution < -0.4 is 10.6 Å². The van der Waals surface area contributed by atoms with Crippen LogP contribution in [0.5, 0.6) is 0 Å². The maximum absolute atomic E-state index is 14.9. The molecule has 2 aromatic heterocycles. The van der Waals surface area contributed by atoms with E-state index in [-0.39, 0.29) is 47.2 Å². The monoisotopic (exact) mass is 633 g/mol. The van der Waals surface area contributed by atoms with E-state index in [0.29, 0.717) is 18.8 Å². The molecule has 0 radical (unpaired) electrons. The van der Waals surface area contributed by atoms with Crippen LogP contribution in [0.1, 0.15) is 45.7 Å². The molecule has 232 valence electrons. The summed E-state index contributed by atoms with van der Waals surface area (Å²) in [5.74, 6) is -5.72. The summed E-state index contributed by atoms with van der Waals surface area (Å²) in [4.78, 5) is 42.4. The summed E-state index contributed by atoms with van der Waals surface area (Å²) in [6, 6.07) is 12.8. The van der Waals surface area contributed by atoms with Crippen molar-refractivity contribution in [3.05, 3.63) is 87.7 Å². The Kier molecular flexibility index (Phi) is 7.26. The molecule has 3 aliphatic rings. The van der Waals surface area contributed by atoms with E-state index in [0.717, 1.165) is 16.1 Å². The number of fused-ring (bicyclic) bond motifs is 3. The third kappa shape index (κ3) is 5.20. The highest BCUT2D eigenvalue weighted by Gasteiger charge is 2.52. The third-order valence-corrected chi connectivity index (χ3v) is 9.62. The molecule has 2 saturated heterocycles. The Morgan fingerprint density at radius 3 is 2.64 bits per heavy atom. The molecule has 1 aliphatic carbocycles. The second-order valence-corrected chi connectivity index (χ2v) is 12.3. The van der Waals surface area contributed by atoms with E-state index in [1.165, 1.54) is 40.5 Å². The predicted molar refractivity (Wildman–Crippen MR) is 160 cm³/mol. The Bertz CT molecular complexity index is 1790. The minimum atomic E-state index is -3.16. The number of carbonyl (C=O) groups is 3. The van der Waals surface area contributed by atoms with Gasteiger partial charge in [-0.1, -0.05) is 30.3 Å². The van der Waals surface area contributed by atoms with Crippen molar-refractivity contribution in [3.8, 4) is 22.4 Å². The van der Waals surface area contributed by atoms with Gasteiger partial charge in [-0.3, -0.25) is 19.5 Å². The molecular weight excluding hydrogens is 604 g/mol. The lowest BCUT2D eigenvalue weighted by Gasteiger charge is -2.25. The first-order chi connectivity index (χ1) is 21.6. The fourth-order valence-corrected chi connectivity index (χ4v) is 7.15. The van der Waals surface area contributed by atoms with Crippen molar-refractivity contribution < 1.29 is 32.6 Å². The lowest BCUT2D eigenvalue weighted by molar-refractivity contribution is -0.152. The molecular formula is C32H29F2N5O5S. The van der Waals surface area contributed by atoms with Gasteiger partial charge in [0.1, 0.15) is 6.04 Å². The average molecular weight is 634 g/mol. The highest BCUT2D eigenvalue weighted by atomic mass is 32.1. The zero-order valence-electron chi connectivity index (χ0n) is 24.1. The van der Waals surface area contributed by atoms with Gasteiger partial charge in [-0.15, -0.1) is 11.3 Å². The van der Waals surface area contributed by atoms with Crippen LogP contribution in [0, 0.1) is 0 Å². The minimum Gasteiger partial charge on any atom is -0.347 e. The van der Waals surface area contributed by atoms with Crippen LogP contribution in [0.2, 0.25) is 0 Å². The van der Waals surface area contributed by atoms with Gasteiger partial charge in [0.15, 0.2) is 5.79 Å². The number of aromatic amines is 1.